The van der Waals surface area contributed by atoms with E-state index in [0.717, 1.165) is 22.2 Å². The number of aromatic nitrogens is 4. The zero-order chi connectivity index (χ0) is 30.4. The number of fused-ring (bicyclic) bond motifs is 1. The molecule has 2 aliphatic heterocycles. The largest absolute Gasteiger partial charge is 0.396 e. The fourth-order valence-electron chi connectivity index (χ4n) is 5.61. The lowest BCUT2D eigenvalue weighted by molar-refractivity contribution is -0.0185. The van der Waals surface area contributed by atoms with Crippen LogP contribution in [0.2, 0.25) is 0 Å². The molecule has 2 aliphatic rings. The van der Waals surface area contributed by atoms with Crippen LogP contribution in [0.1, 0.15) is 38.7 Å². The maximum absolute atomic E-state index is 14.8. The van der Waals surface area contributed by atoms with Crippen LogP contribution in [-0.2, 0) is 14.6 Å². The number of alkyl halides is 1. The summed E-state index contributed by atoms with van der Waals surface area (Å²) in [7, 11) is 13.4. The van der Waals surface area contributed by atoms with Gasteiger partial charge in [-0.3, -0.25) is 0 Å². The molecular weight excluding hydrogens is 554 g/mol. The fourth-order valence-corrected chi connectivity index (χ4v) is 6.77. The van der Waals surface area contributed by atoms with Gasteiger partial charge in [0.1, 0.15) is 33.5 Å². The molecule has 3 aromatic heterocycles. The van der Waals surface area contributed by atoms with Crippen molar-refractivity contribution in [2.45, 2.75) is 56.7 Å². The van der Waals surface area contributed by atoms with Gasteiger partial charge < -0.3 is 19.9 Å². The Balaban J connectivity index is 1.35. The zero-order valence-corrected chi connectivity index (χ0v) is 25.1. The quantitative estimate of drug-likeness (QED) is 0.374. The van der Waals surface area contributed by atoms with Gasteiger partial charge in [0.2, 0.25) is 5.95 Å². The van der Waals surface area contributed by atoms with Gasteiger partial charge in [-0.15, -0.1) is 0 Å². The summed E-state index contributed by atoms with van der Waals surface area (Å²) >= 11 is 0. The monoisotopic (exact) mass is 587 g/mol. The van der Waals surface area contributed by atoms with Crippen LogP contribution < -0.4 is 15.1 Å². The Morgan fingerprint density at radius 2 is 1.90 bits per heavy atom. The Hall–Kier alpha value is -2.93. The van der Waals surface area contributed by atoms with Gasteiger partial charge in [-0.1, -0.05) is 13.8 Å². The van der Waals surface area contributed by atoms with Crippen molar-refractivity contribution in [1.29, 1.82) is 0 Å². The number of rotatable bonds is 9. The molecule has 0 spiro atoms. The average Bonchev–Trinajstić information content (AvgIpc) is 2.90. The number of nitrogens with zero attached hydrogens (tertiary/aromatic N) is 6. The minimum Gasteiger partial charge on any atom is -0.396 e. The molecule has 0 saturated carbocycles. The molecule has 2 saturated heterocycles. The number of sulfone groups is 1. The highest BCUT2D eigenvalue weighted by molar-refractivity contribution is 7.90. The molecule has 3 aromatic rings. The summed E-state index contributed by atoms with van der Waals surface area (Å²) in [6, 6.07) is 3.73. The molecule has 10 nitrogen and oxygen atoms in total. The highest BCUT2D eigenvalue weighted by atomic mass is 32.2. The smallest absolute Gasteiger partial charge is 0.227 e. The second kappa shape index (κ2) is 11.6. The predicted octanol–water partition coefficient (Wildman–Crippen LogP) is 2.21. The van der Waals surface area contributed by atoms with E-state index in [1.54, 1.807) is 23.4 Å². The van der Waals surface area contributed by atoms with Gasteiger partial charge in [-0.2, -0.15) is 4.98 Å². The number of ether oxygens (including phenoxy) is 1. The Labute approximate surface area is 250 Å². The Bertz CT molecular complexity index is 1560. The molecule has 42 heavy (non-hydrogen) atoms. The summed E-state index contributed by atoms with van der Waals surface area (Å²) in [5, 5.41) is 3.25. The lowest BCUT2D eigenvalue weighted by Gasteiger charge is -2.47. The zero-order valence-electron chi connectivity index (χ0n) is 24.2. The van der Waals surface area contributed by atoms with Crippen LogP contribution in [0.25, 0.3) is 10.8 Å². The molecule has 0 bridgehead atoms. The van der Waals surface area contributed by atoms with E-state index in [0.29, 0.717) is 37.1 Å². The maximum atomic E-state index is 14.8. The number of halogens is 1. The second-order valence-electron chi connectivity index (χ2n) is 11.7. The first-order valence-corrected chi connectivity index (χ1v) is 16.0. The Morgan fingerprint density at radius 1 is 1.14 bits per heavy atom. The highest BCUT2D eigenvalue weighted by Crippen LogP contribution is 2.38. The lowest BCUT2D eigenvalue weighted by atomic mass is 9.52. The number of hydrogen-bond donors (Lipinski definition) is 1. The number of anilines is 4. The van der Waals surface area contributed by atoms with Crippen molar-refractivity contribution in [2.24, 2.45) is 5.92 Å². The van der Waals surface area contributed by atoms with Crippen molar-refractivity contribution in [2.75, 3.05) is 46.8 Å². The number of hydrogen-bond acceptors (Lipinski definition) is 10. The molecule has 4 atom stereocenters. The normalized spacial score (nSPS) is 23.3. The van der Waals surface area contributed by atoms with Crippen molar-refractivity contribution in [3.8, 4) is 0 Å². The molecule has 2 fully saturated rings. The van der Waals surface area contributed by atoms with Crippen molar-refractivity contribution >= 4 is 67.6 Å². The van der Waals surface area contributed by atoms with E-state index in [1.165, 1.54) is 6.26 Å². The number of pyridine rings is 2. The van der Waals surface area contributed by atoms with Gasteiger partial charge in [0.25, 0.3) is 0 Å². The first kappa shape index (κ1) is 30.5. The van der Waals surface area contributed by atoms with E-state index in [4.69, 9.17) is 33.3 Å². The average molecular weight is 587 g/mol. The van der Waals surface area contributed by atoms with Crippen LogP contribution in [0.4, 0.5) is 27.8 Å². The van der Waals surface area contributed by atoms with Crippen LogP contribution in [-0.4, -0.2) is 107 Å². The van der Waals surface area contributed by atoms with Crippen LogP contribution in [0.15, 0.2) is 30.7 Å². The molecule has 0 unspecified atom stereocenters. The highest BCUT2D eigenvalue weighted by Gasteiger charge is 2.39. The van der Waals surface area contributed by atoms with Gasteiger partial charge in [0.15, 0.2) is 0 Å². The van der Waals surface area contributed by atoms with Crippen LogP contribution in [0, 0.1) is 5.92 Å². The summed E-state index contributed by atoms with van der Waals surface area (Å²) in [6.45, 7) is 7.31. The molecule has 0 aromatic carbocycles. The van der Waals surface area contributed by atoms with E-state index in [-0.39, 0.29) is 30.2 Å². The summed E-state index contributed by atoms with van der Waals surface area (Å²) in [6.07, 6.45) is 4.68. The van der Waals surface area contributed by atoms with Crippen molar-refractivity contribution in [1.82, 2.24) is 19.9 Å². The molecule has 216 valence electrons. The molecular formula is C27H33B3FN7O3S. The maximum Gasteiger partial charge on any atom is 0.227 e. The van der Waals surface area contributed by atoms with Gasteiger partial charge in [-0.25, -0.2) is 27.8 Å². The lowest BCUT2D eigenvalue weighted by Crippen LogP contribution is -2.57. The first-order chi connectivity index (χ1) is 19.7. The minimum atomic E-state index is -3.06. The van der Waals surface area contributed by atoms with Gasteiger partial charge >= 0.3 is 0 Å². The van der Waals surface area contributed by atoms with Crippen molar-refractivity contribution in [3.63, 3.8) is 0 Å². The molecule has 1 N–H and O–H groups in total. The van der Waals surface area contributed by atoms with E-state index in [9.17, 15) is 12.8 Å². The van der Waals surface area contributed by atoms with Crippen molar-refractivity contribution in [3.05, 3.63) is 36.3 Å². The number of piperidine rings is 1. The topological polar surface area (TPSA) is 113 Å². The SMILES string of the molecule is [B]C([B])([B])O[C@@H]1CCN(c2nccc(Nc3cc4c(C(C)C)cnc(N5C[C@H](CS(C)(=O)=O)[C@H]5C)c4cn3)n2)C[C@@H]1F. The van der Waals surface area contributed by atoms with E-state index < -0.39 is 27.4 Å². The van der Waals surface area contributed by atoms with E-state index in [1.807, 2.05) is 19.2 Å². The summed E-state index contributed by atoms with van der Waals surface area (Å²) in [5.41, 5.74) is 1.07. The Kier molecular flexibility index (Phi) is 8.46. The fraction of sp³-hybridized carbons (Fsp3) is 0.556. The molecule has 6 radical (unpaired) electrons. The predicted molar refractivity (Wildman–Crippen MR) is 166 cm³/mol. The summed E-state index contributed by atoms with van der Waals surface area (Å²) in [4.78, 5) is 22.2. The van der Waals surface area contributed by atoms with Crippen LogP contribution in [0.5, 0.6) is 0 Å². The molecule has 0 aliphatic carbocycles. The third kappa shape index (κ3) is 6.83. The summed E-state index contributed by atoms with van der Waals surface area (Å²) in [5.74, 6) is 2.68. The molecule has 5 rings (SSSR count). The summed E-state index contributed by atoms with van der Waals surface area (Å²) < 4.78 is 43.7. The standard InChI is InChI=1S/C27H33B3FN7O3S/c1-15(2)19-10-34-25(38-12-17(16(38)3)14-42(4,39)40)20-11-33-24(9-18(19)20)35-23-5-7-32-26(36-23)37-8-6-22(21(31)13-37)41-27(28,29)30/h5,7,9-11,15-17,21-22H,6,8,12-14H2,1-4H3,(H,32,33,35,36)/t16-,17-,21+,22-/m1/s1. The molecule has 0 amide bonds. The van der Waals surface area contributed by atoms with Gasteiger partial charge in [0.05, 0.1) is 41.9 Å². The third-order valence-electron chi connectivity index (χ3n) is 7.82. The second-order valence-corrected chi connectivity index (χ2v) is 13.9. The third-order valence-corrected chi connectivity index (χ3v) is 8.85. The van der Waals surface area contributed by atoms with Gasteiger partial charge in [0, 0.05) is 55.3 Å². The van der Waals surface area contributed by atoms with Crippen LogP contribution in [0.3, 0.4) is 0 Å². The molecule has 15 heteroatoms. The van der Waals surface area contributed by atoms with Gasteiger partial charge in [-0.05, 0) is 47.6 Å². The first-order valence-electron chi connectivity index (χ1n) is 13.9. The van der Waals surface area contributed by atoms with Crippen molar-refractivity contribution < 1.29 is 17.5 Å². The molecule has 5 heterocycles. The Morgan fingerprint density at radius 3 is 2.55 bits per heavy atom. The van der Waals surface area contributed by atoms with E-state index in [2.05, 4.69) is 39.0 Å². The van der Waals surface area contributed by atoms with E-state index >= 15 is 0 Å². The minimum absolute atomic E-state index is 0.00587. The van der Waals surface area contributed by atoms with Crippen LogP contribution >= 0.6 is 0 Å². The number of nitrogens with one attached hydrogen (secondary N) is 1.